The van der Waals surface area contributed by atoms with Gasteiger partial charge >= 0.3 is 0 Å². The molecule has 0 bridgehead atoms. The van der Waals surface area contributed by atoms with Crippen molar-refractivity contribution in [3.8, 4) is 0 Å². The van der Waals surface area contributed by atoms with E-state index >= 15 is 0 Å². The zero-order valence-electron chi connectivity index (χ0n) is 12.0. The zero-order valence-corrected chi connectivity index (χ0v) is 13.6. The van der Waals surface area contributed by atoms with Gasteiger partial charge in [-0.05, 0) is 47.5 Å². The van der Waals surface area contributed by atoms with Gasteiger partial charge in [0, 0.05) is 13.1 Å². The van der Waals surface area contributed by atoms with Crippen molar-refractivity contribution in [2.24, 2.45) is 5.41 Å². The standard InChI is InChI=1S/C14H18BrN5O/c1-10-6-14(8-21-10)2-4-19(5-3-14)12-13-17-9-18-20(13)11(15)7-16-12/h7,9-10H,2-6,8H2,1H3/t10-/m0/s1. The fourth-order valence-electron chi connectivity index (χ4n) is 3.59. The highest BCUT2D eigenvalue weighted by atomic mass is 79.9. The molecule has 2 aliphatic heterocycles. The molecule has 4 rings (SSSR count). The second-order valence-corrected chi connectivity index (χ2v) is 7.03. The first-order chi connectivity index (χ1) is 10.2. The Labute approximate surface area is 131 Å². The minimum atomic E-state index is 0.384. The minimum Gasteiger partial charge on any atom is -0.378 e. The summed E-state index contributed by atoms with van der Waals surface area (Å²) in [5, 5.41) is 4.23. The van der Waals surface area contributed by atoms with E-state index in [4.69, 9.17) is 4.74 Å². The highest BCUT2D eigenvalue weighted by Gasteiger charge is 2.41. The van der Waals surface area contributed by atoms with Crippen LogP contribution >= 0.6 is 15.9 Å². The lowest BCUT2D eigenvalue weighted by Crippen LogP contribution is -2.41. The Balaban J connectivity index is 1.58. The van der Waals surface area contributed by atoms with Gasteiger partial charge in [-0.3, -0.25) is 0 Å². The van der Waals surface area contributed by atoms with E-state index in [1.165, 1.54) is 6.42 Å². The van der Waals surface area contributed by atoms with E-state index in [1.807, 2.05) is 0 Å². The summed E-state index contributed by atoms with van der Waals surface area (Å²) in [6.45, 7) is 5.10. The lowest BCUT2D eigenvalue weighted by molar-refractivity contribution is 0.0976. The van der Waals surface area contributed by atoms with E-state index < -0.39 is 0 Å². The SMILES string of the molecule is C[C@H]1CC2(CCN(c3ncc(Br)n4ncnc34)CC2)CO1. The number of fused-ring (bicyclic) bond motifs is 1. The fraction of sp³-hybridized carbons (Fsp3) is 0.643. The molecule has 0 aromatic carbocycles. The summed E-state index contributed by atoms with van der Waals surface area (Å²) < 4.78 is 8.40. The number of ether oxygens (including phenoxy) is 1. The van der Waals surface area contributed by atoms with Crippen molar-refractivity contribution < 1.29 is 4.74 Å². The van der Waals surface area contributed by atoms with Crippen LogP contribution < -0.4 is 4.90 Å². The lowest BCUT2D eigenvalue weighted by atomic mass is 9.77. The molecule has 2 aromatic rings. The molecule has 4 heterocycles. The molecule has 1 atom stereocenters. The van der Waals surface area contributed by atoms with Crippen molar-refractivity contribution in [1.29, 1.82) is 0 Å². The molecule has 2 fully saturated rings. The van der Waals surface area contributed by atoms with Crippen LogP contribution in [0.4, 0.5) is 5.82 Å². The van der Waals surface area contributed by atoms with Crippen molar-refractivity contribution in [1.82, 2.24) is 19.6 Å². The van der Waals surface area contributed by atoms with Crippen molar-refractivity contribution >= 4 is 27.4 Å². The van der Waals surface area contributed by atoms with E-state index in [9.17, 15) is 0 Å². The molecule has 2 saturated heterocycles. The van der Waals surface area contributed by atoms with Crippen LogP contribution in [0.15, 0.2) is 17.1 Å². The Morgan fingerprint density at radius 2 is 2.14 bits per heavy atom. The molecule has 0 radical (unpaired) electrons. The average molecular weight is 352 g/mol. The van der Waals surface area contributed by atoms with E-state index in [0.717, 1.165) is 48.6 Å². The number of hydrogen-bond acceptors (Lipinski definition) is 5. The second-order valence-electron chi connectivity index (χ2n) is 6.21. The third-order valence-electron chi connectivity index (χ3n) is 4.76. The molecule has 0 saturated carbocycles. The molecule has 21 heavy (non-hydrogen) atoms. The maximum atomic E-state index is 5.79. The van der Waals surface area contributed by atoms with Gasteiger partial charge in [-0.1, -0.05) is 0 Å². The molecule has 2 aliphatic rings. The Hall–Kier alpha value is -1.21. The third-order valence-corrected chi connectivity index (χ3v) is 5.30. The number of aromatic nitrogens is 4. The highest BCUT2D eigenvalue weighted by Crippen LogP contribution is 2.42. The van der Waals surface area contributed by atoms with Crippen LogP contribution in [-0.2, 0) is 4.74 Å². The molecule has 1 spiro atoms. The van der Waals surface area contributed by atoms with E-state index in [0.29, 0.717) is 11.5 Å². The summed E-state index contributed by atoms with van der Waals surface area (Å²) in [4.78, 5) is 11.2. The maximum Gasteiger partial charge on any atom is 0.199 e. The highest BCUT2D eigenvalue weighted by molar-refractivity contribution is 9.10. The van der Waals surface area contributed by atoms with Gasteiger partial charge in [0.15, 0.2) is 11.5 Å². The normalized spacial score (nSPS) is 25.0. The molecule has 0 N–H and O–H groups in total. The van der Waals surface area contributed by atoms with Crippen LogP contribution in [0.5, 0.6) is 0 Å². The van der Waals surface area contributed by atoms with Gasteiger partial charge in [-0.2, -0.15) is 5.10 Å². The van der Waals surface area contributed by atoms with Gasteiger partial charge in [0.1, 0.15) is 10.9 Å². The van der Waals surface area contributed by atoms with Gasteiger partial charge in [-0.15, -0.1) is 0 Å². The van der Waals surface area contributed by atoms with Gasteiger partial charge in [0.25, 0.3) is 0 Å². The molecular weight excluding hydrogens is 334 g/mol. The third kappa shape index (κ3) is 2.23. The van der Waals surface area contributed by atoms with Crippen molar-refractivity contribution in [3.63, 3.8) is 0 Å². The topological polar surface area (TPSA) is 55.6 Å². The fourth-order valence-corrected chi connectivity index (χ4v) is 3.95. The predicted octanol–water partition coefficient (Wildman–Crippen LogP) is 2.28. The summed E-state index contributed by atoms with van der Waals surface area (Å²) in [7, 11) is 0. The minimum absolute atomic E-state index is 0.384. The molecule has 0 amide bonds. The Morgan fingerprint density at radius 3 is 2.86 bits per heavy atom. The number of rotatable bonds is 1. The largest absolute Gasteiger partial charge is 0.378 e. The smallest absolute Gasteiger partial charge is 0.199 e. The Kier molecular flexibility index (Phi) is 3.15. The molecule has 112 valence electrons. The van der Waals surface area contributed by atoms with Crippen LogP contribution in [0.25, 0.3) is 5.65 Å². The summed E-state index contributed by atoms with van der Waals surface area (Å²) in [6, 6.07) is 0. The molecule has 6 nitrogen and oxygen atoms in total. The Bertz CT molecular complexity index is 664. The van der Waals surface area contributed by atoms with Crippen molar-refractivity contribution in [2.45, 2.75) is 32.3 Å². The van der Waals surface area contributed by atoms with Crippen LogP contribution in [-0.4, -0.2) is 45.4 Å². The van der Waals surface area contributed by atoms with Crippen molar-refractivity contribution in [2.75, 3.05) is 24.6 Å². The van der Waals surface area contributed by atoms with Gasteiger partial charge in [0.05, 0.1) is 18.9 Å². The lowest BCUT2D eigenvalue weighted by Gasteiger charge is -2.38. The summed E-state index contributed by atoms with van der Waals surface area (Å²) in [5.41, 5.74) is 1.20. The quantitative estimate of drug-likeness (QED) is 0.788. The summed E-state index contributed by atoms with van der Waals surface area (Å²) in [5.74, 6) is 0.928. The van der Waals surface area contributed by atoms with Crippen LogP contribution in [0.3, 0.4) is 0 Å². The van der Waals surface area contributed by atoms with Gasteiger partial charge < -0.3 is 9.64 Å². The first kappa shape index (κ1) is 13.5. The number of piperidine rings is 1. The first-order valence-electron chi connectivity index (χ1n) is 7.38. The van der Waals surface area contributed by atoms with Gasteiger partial charge in [0.2, 0.25) is 0 Å². The monoisotopic (exact) mass is 351 g/mol. The molecule has 0 unspecified atom stereocenters. The van der Waals surface area contributed by atoms with E-state index in [1.54, 1.807) is 17.0 Å². The first-order valence-corrected chi connectivity index (χ1v) is 8.17. The maximum absolute atomic E-state index is 5.79. The van der Waals surface area contributed by atoms with Gasteiger partial charge in [-0.25, -0.2) is 14.5 Å². The Morgan fingerprint density at radius 1 is 1.33 bits per heavy atom. The van der Waals surface area contributed by atoms with Crippen LogP contribution in [0, 0.1) is 5.41 Å². The van der Waals surface area contributed by atoms with E-state index in [2.05, 4.69) is 42.8 Å². The number of nitrogens with zero attached hydrogens (tertiary/aromatic N) is 5. The average Bonchev–Trinajstić information content (AvgIpc) is 3.09. The second kappa shape index (κ2) is 4.91. The molecule has 2 aromatic heterocycles. The number of anilines is 1. The molecule has 7 heteroatoms. The zero-order chi connectivity index (χ0) is 14.4. The predicted molar refractivity (Wildman–Crippen MR) is 82.4 cm³/mol. The molecule has 0 aliphatic carbocycles. The van der Waals surface area contributed by atoms with Crippen LogP contribution in [0.2, 0.25) is 0 Å². The van der Waals surface area contributed by atoms with Crippen LogP contribution in [0.1, 0.15) is 26.2 Å². The summed E-state index contributed by atoms with van der Waals surface area (Å²) in [6.07, 6.45) is 7.29. The molecular formula is C14H18BrN5O. The van der Waals surface area contributed by atoms with Crippen molar-refractivity contribution in [3.05, 3.63) is 17.1 Å². The number of halogens is 1. The number of hydrogen-bond donors (Lipinski definition) is 0. The van der Waals surface area contributed by atoms with E-state index in [-0.39, 0.29) is 0 Å². The summed E-state index contributed by atoms with van der Waals surface area (Å²) >= 11 is 3.45.